The molecule has 0 radical (unpaired) electrons. The number of H-pyrrole nitrogens is 1. The third-order valence-electron chi connectivity index (χ3n) is 6.45. The number of nitrogens with zero attached hydrogens (tertiary/aromatic N) is 4. The van der Waals surface area contributed by atoms with Crippen LogP contribution in [0.4, 0.5) is 5.69 Å². The van der Waals surface area contributed by atoms with Gasteiger partial charge >= 0.3 is 11.9 Å². The van der Waals surface area contributed by atoms with Gasteiger partial charge in [-0.25, -0.2) is 19.7 Å². The summed E-state index contributed by atoms with van der Waals surface area (Å²) in [5.74, 6) is 1.06. The van der Waals surface area contributed by atoms with Crippen LogP contribution in [-0.4, -0.2) is 63.6 Å². The maximum atomic E-state index is 13.0. The molecule has 2 aromatic carbocycles. The molecule has 2 aromatic heterocycles. The highest BCUT2D eigenvalue weighted by Crippen LogP contribution is 2.23. The van der Waals surface area contributed by atoms with Crippen LogP contribution in [0.25, 0.3) is 10.9 Å². The molecule has 2 heterocycles. The highest BCUT2D eigenvalue weighted by molar-refractivity contribution is 7.99. The van der Waals surface area contributed by atoms with Crippen LogP contribution in [0.15, 0.2) is 76.0 Å². The third kappa shape index (κ3) is 9.14. The molecular formula is C32H32N6O6S. The topological polar surface area (TPSA) is 156 Å². The quantitative estimate of drug-likeness (QED) is 0.120. The van der Waals surface area contributed by atoms with E-state index >= 15 is 0 Å². The van der Waals surface area contributed by atoms with Crippen molar-refractivity contribution >= 4 is 46.2 Å². The first-order valence-electron chi connectivity index (χ1n) is 14.2. The van der Waals surface area contributed by atoms with E-state index in [1.54, 1.807) is 68.7 Å². The number of carbonyl (C=O) groups is 3. The molecule has 12 nitrogen and oxygen atoms in total. The Balaban J connectivity index is 1.46. The number of benzene rings is 2. The minimum absolute atomic E-state index is 0.0446. The van der Waals surface area contributed by atoms with Gasteiger partial charge in [0.05, 0.1) is 30.7 Å². The molecule has 13 heteroatoms. The number of aromatic amines is 1. The molecule has 0 fully saturated rings. The number of terminal acetylenes is 1. The Morgan fingerprint density at radius 1 is 1.07 bits per heavy atom. The number of hydrogen-bond acceptors (Lipinski definition) is 11. The number of ether oxygens (including phenoxy) is 2. The Morgan fingerprint density at radius 3 is 2.49 bits per heavy atom. The van der Waals surface area contributed by atoms with E-state index < -0.39 is 23.9 Å². The number of anilines is 1. The summed E-state index contributed by atoms with van der Waals surface area (Å²) in [4.78, 5) is 67.6. The smallest absolute Gasteiger partial charge is 0.328 e. The molecule has 0 spiro atoms. The Hall–Kier alpha value is -5.22. The number of nitrogens with one attached hydrogen (secondary N) is 2. The first-order valence-corrected chi connectivity index (χ1v) is 15.0. The Kier molecular flexibility index (Phi) is 11.6. The first kappa shape index (κ1) is 32.7. The minimum atomic E-state index is -1.01. The van der Waals surface area contributed by atoms with Crippen LogP contribution in [0.5, 0.6) is 0 Å². The van der Waals surface area contributed by atoms with Crippen LogP contribution in [0, 0.1) is 12.3 Å². The molecule has 0 aliphatic heterocycles. The largest absolute Gasteiger partial charge is 0.466 e. The van der Waals surface area contributed by atoms with Gasteiger partial charge in [-0.15, -0.1) is 6.42 Å². The number of carbonyl (C=O) groups excluding carboxylic acids is 3. The van der Waals surface area contributed by atoms with E-state index in [0.29, 0.717) is 33.3 Å². The van der Waals surface area contributed by atoms with E-state index in [9.17, 15) is 19.2 Å². The third-order valence-corrected chi connectivity index (χ3v) is 7.23. The maximum Gasteiger partial charge on any atom is 0.328 e. The molecule has 0 saturated heterocycles. The van der Waals surface area contributed by atoms with E-state index in [0.717, 1.165) is 23.0 Å². The molecule has 232 valence electrons. The lowest BCUT2D eigenvalue weighted by Gasteiger charge is -2.23. The number of hydrogen-bond donors (Lipinski definition) is 2. The van der Waals surface area contributed by atoms with Crippen molar-refractivity contribution in [3.8, 4) is 12.3 Å². The van der Waals surface area contributed by atoms with Gasteiger partial charge in [0.2, 0.25) is 0 Å². The summed E-state index contributed by atoms with van der Waals surface area (Å²) < 4.78 is 9.99. The summed E-state index contributed by atoms with van der Waals surface area (Å²) in [5, 5.41) is 3.94. The van der Waals surface area contributed by atoms with Gasteiger partial charge in [-0.2, -0.15) is 0 Å². The van der Waals surface area contributed by atoms with Gasteiger partial charge < -0.3 is 24.7 Å². The standard InChI is InChI=1S/C32H32N6O6S/c1-4-18-38(20-21-8-13-25-24(19-21)29(41)37-32(36-25)45-31-33-16-7-17-34-31)23-11-9-22(10-12-23)28(40)35-26(30(42)44-6-3)14-15-27(39)43-5-2/h1,7-13,16-17,19,26H,5-6,14-15,18,20H2,2-3H3,(H,35,40)(H,36,37,41)/t26-/m0/s1. The van der Waals surface area contributed by atoms with Crippen LogP contribution in [-0.2, 0) is 25.6 Å². The van der Waals surface area contributed by atoms with Crippen molar-refractivity contribution in [3.63, 3.8) is 0 Å². The van der Waals surface area contributed by atoms with Crippen molar-refractivity contribution in [1.82, 2.24) is 25.3 Å². The molecule has 2 N–H and O–H groups in total. The fourth-order valence-corrected chi connectivity index (χ4v) is 5.04. The van der Waals surface area contributed by atoms with Gasteiger partial charge in [0.25, 0.3) is 11.5 Å². The van der Waals surface area contributed by atoms with Crippen LogP contribution in [0.3, 0.4) is 0 Å². The summed E-state index contributed by atoms with van der Waals surface area (Å²) in [6.07, 6.45) is 8.89. The fourth-order valence-electron chi connectivity index (χ4n) is 4.36. The van der Waals surface area contributed by atoms with Crippen molar-refractivity contribution in [2.24, 2.45) is 0 Å². The van der Waals surface area contributed by atoms with Gasteiger partial charge in [-0.3, -0.25) is 14.4 Å². The van der Waals surface area contributed by atoms with E-state index in [1.807, 2.05) is 11.0 Å². The van der Waals surface area contributed by atoms with Crippen molar-refractivity contribution in [2.45, 2.75) is 49.6 Å². The molecule has 4 rings (SSSR count). The number of amides is 1. The molecular weight excluding hydrogens is 596 g/mol. The van der Waals surface area contributed by atoms with Gasteiger partial charge in [0.15, 0.2) is 10.3 Å². The average molecular weight is 629 g/mol. The summed E-state index contributed by atoms with van der Waals surface area (Å²) in [6.45, 7) is 4.36. The highest BCUT2D eigenvalue weighted by Gasteiger charge is 2.24. The van der Waals surface area contributed by atoms with Crippen LogP contribution < -0.4 is 15.8 Å². The van der Waals surface area contributed by atoms with Crippen LogP contribution >= 0.6 is 11.8 Å². The summed E-state index contributed by atoms with van der Waals surface area (Å²) in [6, 6.07) is 12.8. The van der Waals surface area contributed by atoms with Crippen LogP contribution in [0.2, 0.25) is 0 Å². The van der Waals surface area contributed by atoms with Crippen molar-refractivity contribution < 1.29 is 23.9 Å². The van der Waals surface area contributed by atoms with E-state index in [2.05, 4.69) is 31.2 Å². The predicted octanol–water partition coefficient (Wildman–Crippen LogP) is 3.51. The normalized spacial score (nSPS) is 11.3. The molecule has 1 amide bonds. The van der Waals surface area contributed by atoms with E-state index in [-0.39, 0.29) is 38.2 Å². The molecule has 0 unspecified atom stereocenters. The van der Waals surface area contributed by atoms with Crippen molar-refractivity contribution in [3.05, 3.63) is 82.4 Å². The second-order valence-corrected chi connectivity index (χ2v) is 10.5. The zero-order valence-electron chi connectivity index (χ0n) is 24.8. The highest BCUT2D eigenvalue weighted by atomic mass is 32.2. The molecule has 0 saturated carbocycles. The lowest BCUT2D eigenvalue weighted by Crippen LogP contribution is -2.42. The SMILES string of the molecule is C#CCN(Cc1ccc2nc(Sc3ncccn3)[nH]c(=O)c2c1)c1ccc(C(=O)N[C@@H](CCC(=O)OCC)C(=O)OCC)cc1. The van der Waals surface area contributed by atoms with E-state index in [4.69, 9.17) is 15.9 Å². The Bertz CT molecular complexity index is 1740. The lowest BCUT2D eigenvalue weighted by atomic mass is 10.1. The Labute approximate surface area is 264 Å². The van der Waals surface area contributed by atoms with Crippen molar-refractivity contribution in [2.75, 3.05) is 24.7 Å². The lowest BCUT2D eigenvalue weighted by molar-refractivity contribution is -0.146. The maximum absolute atomic E-state index is 13.0. The zero-order valence-corrected chi connectivity index (χ0v) is 25.6. The summed E-state index contributed by atoms with van der Waals surface area (Å²) in [5.41, 5.74) is 2.13. The first-order chi connectivity index (χ1) is 21.8. The molecule has 45 heavy (non-hydrogen) atoms. The predicted molar refractivity (Wildman–Crippen MR) is 169 cm³/mol. The second kappa shape index (κ2) is 16.0. The summed E-state index contributed by atoms with van der Waals surface area (Å²) >= 11 is 1.16. The van der Waals surface area contributed by atoms with Gasteiger partial charge in [0.1, 0.15) is 6.04 Å². The monoisotopic (exact) mass is 628 g/mol. The molecule has 0 bridgehead atoms. The van der Waals surface area contributed by atoms with Gasteiger partial charge in [-0.05, 0) is 80.1 Å². The number of aromatic nitrogens is 4. The van der Waals surface area contributed by atoms with E-state index in [1.165, 1.54) is 0 Å². The average Bonchev–Trinajstić information content (AvgIpc) is 3.04. The fraction of sp³-hybridized carbons (Fsp3) is 0.281. The molecule has 4 aromatic rings. The zero-order chi connectivity index (χ0) is 32.2. The molecule has 0 aliphatic carbocycles. The van der Waals surface area contributed by atoms with Gasteiger partial charge in [0, 0.05) is 36.6 Å². The van der Waals surface area contributed by atoms with Crippen molar-refractivity contribution in [1.29, 1.82) is 0 Å². The Morgan fingerprint density at radius 2 is 1.80 bits per heavy atom. The number of esters is 2. The minimum Gasteiger partial charge on any atom is -0.466 e. The summed E-state index contributed by atoms with van der Waals surface area (Å²) in [7, 11) is 0. The molecule has 0 aliphatic rings. The molecule has 1 atom stereocenters. The van der Waals surface area contributed by atoms with Gasteiger partial charge in [-0.1, -0.05) is 12.0 Å². The number of rotatable bonds is 14. The second-order valence-electron chi connectivity index (χ2n) is 9.58. The number of fused-ring (bicyclic) bond motifs is 1. The van der Waals surface area contributed by atoms with Crippen LogP contribution in [0.1, 0.15) is 42.6 Å².